The second kappa shape index (κ2) is 7.08. The van der Waals surface area contributed by atoms with Crippen molar-refractivity contribution in [3.05, 3.63) is 0 Å². The van der Waals surface area contributed by atoms with Crippen LogP contribution in [0, 0.1) is 0 Å². The van der Waals surface area contributed by atoms with Crippen molar-refractivity contribution in [1.82, 2.24) is 5.32 Å². The Morgan fingerprint density at radius 1 is 1.50 bits per heavy atom. The highest BCUT2D eigenvalue weighted by Gasteiger charge is 2.04. The Bertz CT molecular complexity index is 263. The van der Waals surface area contributed by atoms with Crippen molar-refractivity contribution in [3.8, 4) is 0 Å². The minimum Gasteiger partial charge on any atom is -0.395 e. The fourth-order valence-electron chi connectivity index (χ4n) is 0.622. The van der Waals surface area contributed by atoms with E-state index in [-0.39, 0.29) is 30.6 Å². The smallest absolute Gasteiger partial charge is 0.230 e. The molecule has 0 aliphatic rings. The first-order valence-electron chi connectivity index (χ1n) is 4.09. The predicted molar refractivity (Wildman–Crippen MR) is 57.1 cm³/mol. The number of amides is 1. The Morgan fingerprint density at radius 2 is 2.14 bits per heavy atom. The standard InChI is InChI=1S/C7H15NO4S2/c1-14(11,12)5-4-13-6-7(10)8-2-3-9/h9H,2-6H2,1H3,(H,8,10). The van der Waals surface area contributed by atoms with E-state index in [1.807, 2.05) is 0 Å². The Balaban J connectivity index is 3.41. The highest BCUT2D eigenvalue weighted by Crippen LogP contribution is 2.00. The van der Waals surface area contributed by atoms with E-state index in [2.05, 4.69) is 5.32 Å². The largest absolute Gasteiger partial charge is 0.395 e. The van der Waals surface area contributed by atoms with Gasteiger partial charge in [0.25, 0.3) is 0 Å². The second-order valence-electron chi connectivity index (χ2n) is 2.76. The van der Waals surface area contributed by atoms with Crippen LogP contribution in [0.15, 0.2) is 0 Å². The third kappa shape index (κ3) is 9.82. The molecule has 2 N–H and O–H groups in total. The van der Waals surface area contributed by atoms with E-state index < -0.39 is 9.84 Å². The number of thioether (sulfide) groups is 1. The second-order valence-corrected chi connectivity index (χ2v) is 6.12. The molecule has 14 heavy (non-hydrogen) atoms. The zero-order chi connectivity index (χ0) is 11.0. The molecule has 0 aromatic rings. The molecular formula is C7H15NO4S2. The number of nitrogens with one attached hydrogen (secondary N) is 1. The van der Waals surface area contributed by atoms with Gasteiger partial charge in [-0.25, -0.2) is 8.42 Å². The van der Waals surface area contributed by atoms with E-state index in [1.54, 1.807) is 0 Å². The topological polar surface area (TPSA) is 83.5 Å². The Labute approximate surface area is 88.2 Å². The van der Waals surface area contributed by atoms with Crippen LogP contribution in [0.2, 0.25) is 0 Å². The van der Waals surface area contributed by atoms with Crippen LogP contribution >= 0.6 is 11.8 Å². The fraction of sp³-hybridized carbons (Fsp3) is 0.857. The zero-order valence-electron chi connectivity index (χ0n) is 8.02. The summed E-state index contributed by atoms with van der Waals surface area (Å²) in [6.07, 6.45) is 1.17. The van der Waals surface area contributed by atoms with Gasteiger partial charge in [0.2, 0.25) is 5.91 Å². The molecule has 84 valence electrons. The van der Waals surface area contributed by atoms with Crippen LogP contribution in [-0.4, -0.2) is 56.1 Å². The zero-order valence-corrected chi connectivity index (χ0v) is 9.66. The number of rotatable bonds is 7. The molecule has 0 aromatic heterocycles. The van der Waals surface area contributed by atoms with Gasteiger partial charge in [0.15, 0.2) is 0 Å². The lowest BCUT2D eigenvalue weighted by Crippen LogP contribution is -2.28. The molecule has 0 aliphatic heterocycles. The van der Waals surface area contributed by atoms with Gasteiger partial charge in [0.05, 0.1) is 18.1 Å². The van der Waals surface area contributed by atoms with Gasteiger partial charge in [-0.15, -0.1) is 0 Å². The van der Waals surface area contributed by atoms with Crippen LogP contribution in [0.4, 0.5) is 0 Å². The number of sulfone groups is 1. The molecule has 0 rings (SSSR count). The lowest BCUT2D eigenvalue weighted by molar-refractivity contribution is -0.118. The van der Waals surface area contributed by atoms with Crippen LogP contribution < -0.4 is 5.32 Å². The van der Waals surface area contributed by atoms with Crippen LogP contribution in [-0.2, 0) is 14.6 Å². The number of aliphatic hydroxyl groups excluding tert-OH is 1. The number of aliphatic hydroxyl groups is 1. The Kier molecular flexibility index (Phi) is 6.94. The van der Waals surface area contributed by atoms with Gasteiger partial charge in [-0.2, -0.15) is 11.8 Å². The summed E-state index contributed by atoms with van der Waals surface area (Å²) in [6.45, 7) is 0.158. The first-order valence-corrected chi connectivity index (χ1v) is 7.30. The first-order chi connectivity index (χ1) is 6.45. The van der Waals surface area contributed by atoms with E-state index in [4.69, 9.17) is 5.11 Å². The van der Waals surface area contributed by atoms with E-state index in [0.29, 0.717) is 5.75 Å². The summed E-state index contributed by atoms with van der Waals surface area (Å²) in [5, 5.41) is 10.9. The molecule has 1 amide bonds. The molecule has 0 atom stereocenters. The van der Waals surface area contributed by atoms with Gasteiger partial charge in [0, 0.05) is 18.6 Å². The highest BCUT2D eigenvalue weighted by molar-refractivity contribution is 8.01. The minimum atomic E-state index is -2.93. The molecule has 0 saturated heterocycles. The van der Waals surface area contributed by atoms with Crippen molar-refractivity contribution in [2.24, 2.45) is 0 Å². The van der Waals surface area contributed by atoms with Crippen LogP contribution in [0.5, 0.6) is 0 Å². The maximum atomic E-state index is 10.9. The van der Waals surface area contributed by atoms with Crippen LogP contribution in [0.25, 0.3) is 0 Å². The van der Waals surface area contributed by atoms with E-state index in [9.17, 15) is 13.2 Å². The quantitative estimate of drug-likeness (QED) is 0.551. The molecule has 0 spiro atoms. The van der Waals surface area contributed by atoms with E-state index >= 15 is 0 Å². The third-order valence-electron chi connectivity index (χ3n) is 1.27. The molecule has 7 heteroatoms. The average molecular weight is 241 g/mol. The summed E-state index contributed by atoms with van der Waals surface area (Å²) >= 11 is 1.27. The number of carbonyl (C=O) groups excluding carboxylic acids is 1. The molecule has 0 aromatic carbocycles. The van der Waals surface area contributed by atoms with E-state index in [0.717, 1.165) is 0 Å². The van der Waals surface area contributed by atoms with E-state index in [1.165, 1.54) is 18.0 Å². The summed E-state index contributed by atoms with van der Waals surface area (Å²) < 4.78 is 21.4. The van der Waals surface area contributed by atoms with Gasteiger partial charge in [-0.05, 0) is 0 Å². The van der Waals surface area contributed by atoms with Crippen LogP contribution in [0.3, 0.4) is 0 Å². The van der Waals surface area contributed by atoms with Gasteiger partial charge >= 0.3 is 0 Å². The van der Waals surface area contributed by atoms with Crippen molar-refractivity contribution in [2.45, 2.75) is 0 Å². The summed E-state index contributed by atoms with van der Waals surface area (Å²) in [5.74, 6) is 0.559. The molecular weight excluding hydrogens is 226 g/mol. The average Bonchev–Trinajstić information content (AvgIpc) is 2.07. The minimum absolute atomic E-state index is 0.0836. The summed E-state index contributed by atoms with van der Waals surface area (Å²) in [7, 11) is -2.93. The molecule has 0 saturated carbocycles. The first kappa shape index (κ1) is 13.7. The SMILES string of the molecule is CS(=O)(=O)CCSCC(=O)NCCO. The molecule has 0 radical (unpaired) electrons. The van der Waals surface area contributed by atoms with Gasteiger partial charge in [-0.1, -0.05) is 0 Å². The molecule has 5 nitrogen and oxygen atoms in total. The third-order valence-corrected chi connectivity index (χ3v) is 3.43. The van der Waals surface area contributed by atoms with Gasteiger partial charge in [0.1, 0.15) is 9.84 Å². The predicted octanol–water partition coefficient (Wildman–Crippen LogP) is -1.13. The monoisotopic (exact) mass is 241 g/mol. The number of hydrogen-bond donors (Lipinski definition) is 2. The van der Waals surface area contributed by atoms with Crippen molar-refractivity contribution >= 4 is 27.5 Å². The molecule has 0 aliphatic carbocycles. The normalized spacial score (nSPS) is 11.3. The number of carbonyl (C=O) groups is 1. The lowest BCUT2D eigenvalue weighted by atomic mass is 10.6. The maximum absolute atomic E-state index is 10.9. The molecule has 0 bridgehead atoms. The molecule has 0 heterocycles. The molecule has 0 unspecified atom stereocenters. The van der Waals surface area contributed by atoms with Crippen molar-refractivity contribution in [2.75, 3.05) is 36.7 Å². The summed E-state index contributed by atoms with van der Waals surface area (Å²) in [6, 6.07) is 0. The fourth-order valence-corrected chi connectivity index (χ4v) is 2.74. The highest BCUT2D eigenvalue weighted by atomic mass is 32.2. The molecule has 0 fully saturated rings. The van der Waals surface area contributed by atoms with Crippen molar-refractivity contribution in [3.63, 3.8) is 0 Å². The van der Waals surface area contributed by atoms with Gasteiger partial charge < -0.3 is 10.4 Å². The maximum Gasteiger partial charge on any atom is 0.230 e. The van der Waals surface area contributed by atoms with Gasteiger partial charge in [-0.3, -0.25) is 4.79 Å². The van der Waals surface area contributed by atoms with Crippen molar-refractivity contribution < 1.29 is 18.3 Å². The summed E-state index contributed by atoms with van der Waals surface area (Å²) in [4.78, 5) is 10.9. The number of hydrogen-bond acceptors (Lipinski definition) is 5. The lowest BCUT2D eigenvalue weighted by Gasteiger charge is -2.02. The Morgan fingerprint density at radius 3 is 2.64 bits per heavy atom. The van der Waals surface area contributed by atoms with Crippen molar-refractivity contribution in [1.29, 1.82) is 0 Å². The Hall–Kier alpha value is -0.270. The summed E-state index contributed by atoms with van der Waals surface area (Å²) in [5.41, 5.74) is 0. The van der Waals surface area contributed by atoms with Crippen LogP contribution in [0.1, 0.15) is 0 Å².